The van der Waals surface area contributed by atoms with Crippen LogP contribution in [0, 0.1) is 0 Å². The summed E-state index contributed by atoms with van der Waals surface area (Å²) >= 11 is 0. The van der Waals surface area contributed by atoms with Gasteiger partial charge >= 0.3 is 0 Å². The standard InChI is InChI=1S/C47H29N3O/c1-3-13-30(14-4-1)33-19-11-20-34(27-33)46-48-45(32-16-5-2-6-17-32)49-47(50-46)35-25-26-39-42-29-41(37-24-12-18-31-15-7-8-21-36(31)37)38-22-9-10-23-40(38)44(42)51-43(39)28-35/h1-29H. The summed E-state index contributed by atoms with van der Waals surface area (Å²) in [5.74, 6) is 1.83. The summed E-state index contributed by atoms with van der Waals surface area (Å²) in [5, 5.41) is 6.83. The summed E-state index contributed by atoms with van der Waals surface area (Å²) < 4.78 is 6.73. The molecular weight excluding hydrogens is 623 g/mol. The molecule has 0 amide bonds. The lowest BCUT2D eigenvalue weighted by Crippen LogP contribution is -2.00. The second-order valence-electron chi connectivity index (χ2n) is 12.8. The molecule has 4 heteroatoms. The average Bonchev–Trinajstić information content (AvgIpc) is 3.59. The van der Waals surface area contributed by atoms with Crippen molar-refractivity contribution in [1.29, 1.82) is 0 Å². The van der Waals surface area contributed by atoms with Gasteiger partial charge in [0, 0.05) is 32.8 Å². The van der Waals surface area contributed by atoms with Crippen LogP contribution < -0.4 is 0 Å². The van der Waals surface area contributed by atoms with E-state index in [-0.39, 0.29) is 0 Å². The fourth-order valence-electron chi connectivity index (χ4n) is 7.24. The van der Waals surface area contributed by atoms with Crippen LogP contribution >= 0.6 is 0 Å². The van der Waals surface area contributed by atoms with Crippen molar-refractivity contribution in [3.8, 4) is 56.4 Å². The number of hydrogen-bond donors (Lipinski definition) is 0. The Balaban J connectivity index is 1.15. The van der Waals surface area contributed by atoms with Gasteiger partial charge in [0.2, 0.25) is 0 Å². The SMILES string of the molecule is c1ccc(-c2cccc(-c3nc(-c4ccccc4)nc(-c4ccc5c(c4)oc4c6ccccc6c(-c6cccc7ccccc67)cc54)n3)c2)cc1. The molecule has 10 rings (SSSR count). The van der Waals surface area contributed by atoms with E-state index < -0.39 is 0 Å². The number of furan rings is 1. The molecule has 0 aliphatic rings. The maximum atomic E-state index is 6.73. The Labute approximate surface area is 294 Å². The summed E-state index contributed by atoms with van der Waals surface area (Å²) in [6.45, 7) is 0. The highest BCUT2D eigenvalue weighted by molar-refractivity contribution is 6.20. The molecule has 2 aromatic heterocycles. The Morgan fingerprint density at radius 2 is 0.882 bits per heavy atom. The predicted molar refractivity (Wildman–Crippen MR) is 209 cm³/mol. The fourth-order valence-corrected chi connectivity index (χ4v) is 7.24. The summed E-state index contributed by atoms with van der Waals surface area (Å²) in [5.41, 5.74) is 9.03. The Bertz CT molecular complexity index is 2910. The van der Waals surface area contributed by atoms with E-state index in [1.165, 1.54) is 21.9 Å². The van der Waals surface area contributed by atoms with Crippen molar-refractivity contribution < 1.29 is 4.42 Å². The highest BCUT2D eigenvalue weighted by Crippen LogP contribution is 2.42. The van der Waals surface area contributed by atoms with Crippen molar-refractivity contribution in [1.82, 2.24) is 15.0 Å². The van der Waals surface area contributed by atoms with E-state index in [9.17, 15) is 0 Å². The monoisotopic (exact) mass is 651 g/mol. The summed E-state index contributed by atoms with van der Waals surface area (Å²) in [6, 6.07) is 61.0. The van der Waals surface area contributed by atoms with Crippen LogP contribution in [0.3, 0.4) is 0 Å². The van der Waals surface area contributed by atoms with Crippen molar-refractivity contribution in [3.63, 3.8) is 0 Å². The molecule has 0 aliphatic heterocycles. The molecule has 0 aliphatic carbocycles. The predicted octanol–water partition coefficient (Wildman–Crippen LogP) is 12.4. The summed E-state index contributed by atoms with van der Waals surface area (Å²) in [4.78, 5) is 15.1. The number of fused-ring (bicyclic) bond motifs is 6. The first-order valence-electron chi connectivity index (χ1n) is 17.1. The third-order valence-electron chi connectivity index (χ3n) is 9.71. The number of aromatic nitrogens is 3. The Morgan fingerprint density at radius 3 is 1.67 bits per heavy atom. The van der Waals surface area contributed by atoms with Crippen LogP contribution in [0.5, 0.6) is 0 Å². The zero-order valence-electron chi connectivity index (χ0n) is 27.5. The van der Waals surface area contributed by atoms with Crippen LogP contribution in [-0.4, -0.2) is 15.0 Å². The fraction of sp³-hybridized carbons (Fsp3) is 0. The molecule has 0 spiro atoms. The van der Waals surface area contributed by atoms with Crippen LogP contribution in [-0.2, 0) is 0 Å². The van der Waals surface area contributed by atoms with Gasteiger partial charge in [0.05, 0.1) is 0 Å². The minimum atomic E-state index is 0.590. The van der Waals surface area contributed by atoms with E-state index in [1.807, 2.05) is 36.4 Å². The van der Waals surface area contributed by atoms with Crippen molar-refractivity contribution in [2.24, 2.45) is 0 Å². The largest absolute Gasteiger partial charge is 0.455 e. The first-order valence-corrected chi connectivity index (χ1v) is 17.1. The van der Waals surface area contributed by atoms with E-state index in [2.05, 4.69) is 140 Å². The summed E-state index contributed by atoms with van der Waals surface area (Å²) in [7, 11) is 0. The third kappa shape index (κ3) is 5.04. The van der Waals surface area contributed by atoms with E-state index in [0.29, 0.717) is 17.5 Å². The molecule has 0 saturated heterocycles. The van der Waals surface area contributed by atoms with Crippen molar-refractivity contribution in [3.05, 3.63) is 176 Å². The lowest BCUT2D eigenvalue weighted by Gasteiger charge is -2.11. The minimum absolute atomic E-state index is 0.590. The maximum Gasteiger partial charge on any atom is 0.164 e. The quantitative estimate of drug-likeness (QED) is 0.186. The van der Waals surface area contributed by atoms with Gasteiger partial charge in [-0.2, -0.15) is 0 Å². The molecule has 4 nitrogen and oxygen atoms in total. The molecular formula is C47H29N3O. The van der Waals surface area contributed by atoms with Gasteiger partial charge in [0.1, 0.15) is 11.2 Å². The van der Waals surface area contributed by atoms with Gasteiger partial charge < -0.3 is 4.42 Å². The highest BCUT2D eigenvalue weighted by Gasteiger charge is 2.18. The number of rotatable bonds is 5. The van der Waals surface area contributed by atoms with Crippen LogP contribution in [0.15, 0.2) is 180 Å². The zero-order valence-corrected chi connectivity index (χ0v) is 27.5. The lowest BCUT2D eigenvalue weighted by molar-refractivity contribution is 0.673. The van der Waals surface area contributed by atoms with Gasteiger partial charge in [-0.1, -0.05) is 152 Å². The van der Waals surface area contributed by atoms with Gasteiger partial charge in [-0.3, -0.25) is 0 Å². The first-order chi connectivity index (χ1) is 25.3. The van der Waals surface area contributed by atoms with E-state index >= 15 is 0 Å². The molecule has 2 heterocycles. The average molecular weight is 652 g/mol. The van der Waals surface area contributed by atoms with Gasteiger partial charge in [-0.15, -0.1) is 0 Å². The van der Waals surface area contributed by atoms with Crippen LogP contribution in [0.4, 0.5) is 0 Å². The number of hydrogen-bond acceptors (Lipinski definition) is 4. The molecule has 10 aromatic rings. The Morgan fingerprint density at radius 1 is 0.314 bits per heavy atom. The third-order valence-corrected chi connectivity index (χ3v) is 9.71. The zero-order chi connectivity index (χ0) is 33.7. The molecule has 0 radical (unpaired) electrons. The normalized spacial score (nSPS) is 11.5. The topological polar surface area (TPSA) is 51.8 Å². The van der Waals surface area contributed by atoms with Crippen molar-refractivity contribution in [2.45, 2.75) is 0 Å². The van der Waals surface area contributed by atoms with Crippen LogP contribution in [0.2, 0.25) is 0 Å². The molecule has 51 heavy (non-hydrogen) atoms. The molecule has 0 N–H and O–H groups in total. The van der Waals surface area contributed by atoms with Crippen molar-refractivity contribution in [2.75, 3.05) is 0 Å². The van der Waals surface area contributed by atoms with Gasteiger partial charge in [0.15, 0.2) is 17.5 Å². The van der Waals surface area contributed by atoms with Gasteiger partial charge in [0.25, 0.3) is 0 Å². The van der Waals surface area contributed by atoms with E-state index in [1.54, 1.807) is 0 Å². The van der Waals surface area contributed by atoms with Crippen LogP contribution in [0.25, 0.3) is 99.9 Å². The molecule has 0 atom stereocenters. The molecule has 0 bridgehead atoms. The second kappa shape index (κ2) is 11.9. The van der Waals surface area contributed by atoms with E-state index in [0.717, 1.165) is 60.5 Å². The van der Waals surface area contributed by atoms with Gasteiger partial charge in [-0.05, 0) is 62.7 Å². The summed E-state index contributed by atoms with van der Waals surface area (Å²) in [6.07, 6.45) is 0. The van der Waals surface area contributed by atoms with E-state index in [4.69, 9.17) is 19.4 Å². The molecule has 0 saturated carbocycles. The molecule has 0 unspecified atom stereocenters. The minimum Gasteiger partial charge on any atom is -0.455 e. The number of benzene rings is 8. The lowest BCUT2D eigenvalue weighted by atomic mass is 9.92. The smallest absolute Gasteiger partial charge is 0.164 e. The molecule has 8 aromatic carbocycles. The number of nitrogens with zero attached hydrogens (tertiary/aromatic N) is 3. The molecule has 0 fully saturated rings. The Kier molecular flexibility index (Phi) is 6.78. The second-order valence-corrected chi connectivity index (χ2v) is 12.8. The van der Waals surface area contributed by atoms with Crippen LogP contribution in [0.1, 0.15) is 0 Å². The van der Waals surface area contributed by atoms with Crippen molar-refractivity contribution >= 4 is 43.5 Å². The Hall–Kier alpha value is -6.91. The first kappa shape index (κ1) is 29.0. The molecule has 238 valence electrons. The maximum absolute atomic E-state index is 6.73. The van der Waals surface area contributed by atoms with Gasteiger partial charge in [-0.25, -0.2) is 15.0 Å². The highest BCUT2D eigenvalue weighted by atomic mass is 16.3.